The zero-order valence-corrected chi connectivity index (χ0v) is 8.38. The van der Waals surface area contributed by atoms with Crippen molar-refractivity contribution in [2.75, 3.05) is 26.8 Å². The van der Waals surface area contributed by atoms with Gasteiger partial charge in [-0.15, -0.1) is 12.3 Å². The highest BCUT2D eigenvalue weighted by atomic mass is 16.5. The van der Waals surface area contributed by atoms with Gasteiger partial charge in [0.1, 0.15) is 0 Å². The maximum absolute atomic E-state index is 11.6. The maximum Gasteiger partial charge on any atom is 0.227 e. The highest BCUT2D eigenvalue weighted by Gasteiger charge is 2.32. The third kappa shape index (κ3) is 2.72. The Morgan fingerprint density at radius 2 is 2.43 bits per heavy atom. The van der Waals surface area contributed by atoms with E-state index in [1.807, 2.05) is 7.05 Å². The summed E-state index contributed by atoms with van der Waals surface area (Å²) in [6.45, 7) is 1.64. The number of amides is 1. The van der Waals surface area contributed by atoms with Gasteiger partial charge in [0, 0.05) is 19.0 Å². The van der Waals surface area contributed by atoms with Crippen LogP contribution < -0.4 is 10.6 Å². The number of terminal acetylenes is 1. The van der Waals surface area contributed by atoms with Gasteiger partial charge in [-0.3, -0.25) is 4.79 Å². The number of nitrogens with one attached hydrogen (secondary N) is 2. The van der Waals surface area contributed by atoms with Gasteiger partial charge in [0.25, 0.3) is 0 Å². The molecule has 1 saturated heterocycles. The first kappa shape index (κ1) is 11.0. The molecule has 0 aromatic carbocycles. The van der Waals surface area contributed by atoms with Gasteiger partial charge in [-0.05, 0) is 7.05 Å². The molecule has 1 aliphatic heterocycles. The predicted molar refractivity (Wildman–Crippen MR) is 53.6 cm³/mol. The Balaban J connectivity index is 2.32. The van der Waals surface area contributed by atoms with E-state index < -0.39 is 0 Å². The van der Waals surface area contributed by atoms with E-state index in [0.717, 1.165) is 0 Å². The first-order chi connectivity index (χ1) is 6.79. The van der Waals surface area contributed by atoms with Crippen LogP contribution in [0.4, 0.5) is 0 Å². The fourth-order valence-corrected chi connectivity index (χ4v) is 1.49. The summed E-state index contributed by atoms with van der Waals surface area (Å²) >= 11 is 0. The third-order valence-corrected chi connectivity index (χ3v) is 2.36. The van der Waals surface area contributed by atoms with E-state index in [-0.39, 0.29) is 17.9 Å². The molecule has 2 atom stereocenters. The Kier molecular flexibility index (Phi) is 4.44. The molecule has 1 fully saturated rings. The van der Waals surface area contributed by atoms with Gasteiger partial charge in [0.2, 0.25) is 5.91 Å². The van der Waals surface area contributed by atoms with Crippen LogP contribution in [-0.4, -0.2) is 38.8 Å². The third-order valence-electron chi connectivity index (χ3n) is 2.36. The molecule has 0 aromatic rings. The van der Waals surface area contributed by atoms with E-state index in [0.29, 0.717) is 26.2 Å². The summed E-state index contributed by atoms with van der Waals surface area (Å²) in [5.74, 6) is 2.42. The number of likely N-dealkylation sites (N-methyl/N-ethyl adjacent to an activating group) is 1. The SMILES string of the molecule is C#CCCNC(=O)C1COCC1NC. The first-order valence-corrected chi connectivity index (χ1v) is 4.75. The molecule has 1 amide bonds. The van der Waals surface area contributed by atoms with Crippen molar-refractivity contribution in [1.29, 1.82) is 0 Å². The summed E-state index contributed by atoms with van der Waals surface area (Å²) in [6, 6.07) is 0.126. The second kappa shape index (κ2) is 5.63. The van der Waals surface area contributed by atoms with Crippen molar-refractivity contribution in [1.82, 2.24) is 10.6 Å². The summed E-state index contributed by atoms with van der Waals surface area (Å²) in [4.78, 5) is 11.6. The van der Waals surface area contributed by atoms with Crippen LogP contribution in [0.3, 0.4) is 0 Å². The molecule has 0 aliphatic carbocycles. The average molecular weight is 196 g/mol. The minimum atomic E-state index is -0.0854. The number of carbonyl (C=O) groups is 1. The average Bonchev–Trinajstić information content (AvgIpc) is 2.65. The van der Waals surface area contributed by atoms with Gasteiger partial charge in [-0.25, -0.2) is 0 Å². The predicted octanol–water partition coefficient (Wildman–Crippen LogP) is -0.640. The van der Waals surface area contributed by atoms with Crippen LogP contribution in [0, 0.1) is 18.3 Å². The summed E-state index contributed by atoms with van der Waals surface area (Å²) in [5, 5.41) is 5.85. The van der Waals surface area contributed by atoms with Gasteiger partial charge in [-0.1, -0.05) is 0 Å². The van der Waals surface area contributed by atoms with Gasteiger partial charge in [0.05, 0.1) is 19.1 Å². The highest BCUT2D eigenvalue weighted by molar-refractivity contribution is 5.79. The molecule has 4 heteroatoms. The largest absolute Gasteiger partial charge is 0.379 e. The van der Waals surface area contributed by atoms with Gasteiger partial charge >= 0.3 is 0 Å². The molecule has 0 bridgehead atoms. The molecular formula is C10H16N2O2. The molecule has 78 valence electrons. The fourth-order valence-electron chi connectivity index (χ4n) is 1.49. The second-order valence-corrected chi connectivity index (χ2v) is 3.28. The van der Waals surface area contributed by atoms with Crippen LogP contribution in [0.5, 0.6) is 0 Å². The standard InChI is InChI=1S/C10H16N2O2/c1-3-4-5-12-10(13)8-6-14-7-9(8)11-2/h1,8-9,11H,4-7H2,2H3,(H,12,13). The molecule has 0 spiro atoms. The van der Waals surface area contributed by atoms with Crippen LogP contribution in [0.15, 0.2) is 0 Å². The van der Waals surface area contributed by atoms with E-state index in [1.165, 1.54) is 0 Å². The van der Waals surface area contributed by atoms with Crippen LogP contribution in [-0.2, 0) is 9.53 Å². The second-order valence-electron chi connectivity index (χ2n) is 3.28. The van der Waals surface area contributed by atoms with Crippen molar-refractivity contribution in [3.05, 3.63) is 0 Å². The zero-order chi connectivity index (χ0) is 10.4. The summed E-state index contributed by atoms with van der Waals surface area (Å²) in [7, 11) is 1.83. The maximum atomic E-state index is 11.6. The van der Waals surface area contributed by atoms with Crippen molar-refractivity contribution in [2.24, 2.45) is 5.92 Å². The minimum absolute atomic E-state index is 0.0251. The molecule has 2 N–H and O–H groups in total. The molecule has 1 rings (SSSR count). The normalized spacial score (nSPS) is 25.7. The minimum Gasteiger partial charge on any atom is -0.379 e. The molecule has 0 aromatic heterocycles. The first-order valence-electron chi connectivity index (χ1n) is 4.75. The van der Waals surface area contributed by atoms with Crippen LogP contribution >= 0.6 is 0 Å². The molecule has 1 heterocycles. The number of hydrogen-bond acceptors (Lipinski definition) is 3. The van der Waals surface area contributed by atoms with E-state index in [2.05, 4.69) is 16.6 Å². The lowest BCUT2D eigenvalue weighted by Gasteiger charge is -2.15. The Labute approximate surface area is 84.4 Å². The van der Waals surface area contributed by atoms with Gasteiger partial charge < -0.3 is 15.4 Å². The van der Waals surface area contributed by atoms with Gasteiger partial charge in [-0.2, -0.15) is 0 Å². The number of rotatable bonds is 4. The summed E-state index contributed by atoms with van der Waals surface area (Å²) in [6.07, 6.45) is 5.66. The molecule has 1 aliphatic rings. The fraction of sp³-hybridized carbons (Fsp3) is 0.700. The molecular weight excluding hydrogens is 180 g/mol. The lowest BCUT2D eigenvalue weighted by Crippen LogP contribution is -2.42. The van der Waals surface area contributed by atoms with Crippen molar-refractivity contribution >= 4 is 5.91 Å². The molecule has 2 unspecified atom stereocenters. The number of carbonyl (C=O) groups excluding carboxylic acids is 1. The van der Waals surface area contributed by atoms with Crippen LogP contribution in [0.25, 0.3) is 0 Å². The monoisotopic (exact) mass is 196 g/mol. The molecule has 4 nitrogen and oxygen atoms in total. The van der Waals surface area contributed by atoms with Crippen molar-refractivity contribution < 1.29 is 9.53 Å². The summed E-state index contributed by atoms with van der Waals surface area (Å²) in [5.41, 5.74) is 0. The number of hydrogen-bond donors (Lipinski definition) is 2. The Morgan fingerprint density at radius 1 is 1.64 bits per heavy atom. The number of ether oxygens (including phenoxy) is 1. The smallest absolute Gasteiger partial charge is 0.227 e. The zero-order valence-electron chi connectivity index (χ0n) is 8.38. The van der Waals surface area contributed by atoms with E-state index in [4.69, 9.17) is 11.2 Å². The lowest BCUT2D eigenvalue weighted by atomic mass is 10.0. The topological polar surface area (TPSA) is 50.4 Å². The Hall–Kier alpha value is -1.05. The van der Waals surface area contributed by atoms with Crippen molar-refractivity contribution in [2.45, 2.75) is 12.5 Å². The van der Waals surface area contributed by atoms with Crippen molar-refractivity contribution in [3.8, 4) is 12.3 Å². The Bertz CT molecular complexity index is 235. The van der Waals surface area contributed by atoms with E-state index in [1.54, 1.807) is 0 Å². The Morgan fingerprint density at radius 3 is 3.07 bits per heavy atom. The lowest BCUT2D eigenvalue weighted by molar-refractivity contribution is -0.125. The van der Waals surface area contributed by atoms with Crippen LogP contribution in [0.1, 0.15) is 6.42 Å². The van der Waals surface area contributed by atoms with E-state index >= 15 is 0 Å². The highest BCUT2D eigenvalue weighted by Crippen LogP contribution is 2.13. The summed E-state index contributed by atoms with van der Waals surface area (Å²) < 4.78 is 5.22. The van der Waals surface area contributed by atoms with Crippen LogP contribution in [0.2, 0.25) is 0 Å². The molecule has 0 saturated carbocycles. The molecule has 14 heavy (non-hydrogen) atoms. The van der Waals surface area contributed by atoms with E-state index in [9.17, 15) is 4.79 Å². The molecule has 0 radical (unpaired) electrons. The van der Waals surface area contributed by atoms with Crippen molar-refractivity contribution in [3.63, 3.8) is 0 Å². The van der Waals surface area contributed by atoms with Gasteiger partial charge in [0.15, 0.2) is 0 Å². The quantitative estimate of drug-likeness (QED) is 0.464.